The van der Waals surface area contributed by atoms with Crippen molar-refractivity contribution in [2.24, 2.45) is 0 Å². The smallest absolute Gasteiger partial charge is 0.270 e. The Morgan fingerprint density at radius 3 is 2.79 bits per heavy atom. The molecule has 1 aliphatic heterocycles. The molecule has 0 unspecified atom stereocenters. The minimum atomic E-state index is -0.416. The first-order chi connectivity index (χ1) is 16.1. The number of aromatic nitrogens is 3. The van der Waals surface area contributed by atoms with Crippen LogP contribution in [-0.2, 0) is 23.6 Å². The van der Waals surface area contributed by atoms with Crippen LogP contribution in [0, 0.1) is 10.1 Å². The van der Waals surface area contributed by atoms with Crippen molar-refractivity contribution in [1.82, 2.24) is 14.8 Å². The number of nitro groups is 1. The van der Waals surface area contributed by atoms with E-state index in [2.05, 4.69) is 10.2 Å². The first-order valence-electron chi connectivity index (χ1n) is 9.93. The molecule has 168 valence electrons. The summed E-state index contributed by atoms with van der Waals surface area (Å²) in [5, 5.41) is 21.4. The molecule has 0 fully saturated rings. The summed E-state index contributed by atoms with van der Waals surface area (Å²) in [6.07, 6.45) is 1.61. The van der Waals surface area contributed by atoms with Gasteiger partial charge in [0.2, 0.25) is 0 Å². The number of fused-ring (bicyclic) bond motifs is 1. The molecule has 0 saturated heterocycles. The van der Waals surface area contributed by atoms with E-state index in [1.165, 1.54) is 23.9 Å². The molecule has 33 heavy (non-hydrogen) atoms. The molecule has 0 amide bonds. The molecule has 0 spiro atoms. The van der Waals surface area contributed by atoms with Gasteiger partial charge in [-0.05, 0) is 36.4 Å². The lowest BCUT2D eigenvalue weighted by Gasteiger charge is -2.20. The Balaban J connectivity index is 1.48. The number of halogens is 1. The summed E-state index contributed by atoms with van der Waals surface area (Å²) in [5.41, 5.74) is 2.22. The number of furan rings is 1. The van der Waals surface area contributed by atoms with Crippen LogP contribution in [0.25, 0.3) is 11.4 Å². The lowest BCUT2D eigenvalue weighted by Crippen LogP contribution is -2.13. The van der Waals surface area contributed by atoms with Gasteiger partial charge in [-0.15, -0.1) is 10.2 Å². The number of nitro benzene ring substituents is 1. The summed E-state index contributed by atoms with van der Waals surface area (Å²) in [5.74, 6) is 2.44. The number of benzene rings is 2. The second-order valence-corrected chi connectivity index (χ2v) is 8.61. The summed E-state index contributed by atoms with van der Waals surface area (Å²) in [7, 11) is 0. The molecule has 0 aliphatic carbocycles. The summed E-state index contributed by atoms with van der Waals surface area (Å²) >= 11 is 7.45. The standard InChI is InChI=1S/C22H17ClN4O5S/c23-17-5-3-14(4-6-17)21-24-25-22(26(21)10-19-2-1-7-31-19)33-12-16-9-18(27(28)29)8-15-11-30-13-32-20(15)16/h1-9H,10-13H2. The van der Waals surface area contributed by atoms with Crippen LogP contribution >= 0.6 is 23.4 Å². The molecular formula is C22H17ClN4O5S. The summed E-state index contributed by atoms with van der Waals surface area (Å²) in [4.78, 5) is 11.0. The monoisotopic (exact) mass is 484 g/mol. The van der Waals surface area contributed by atoms with Crippen LogP contribution in [0.3, 0.4) is 0 Å². The molecule has 11 heteroatoms. The van der Waals surface area contributed by atoms with Crippen molar-refractivity contribution < 1.29 is 18.8 Å². The molecule has 9 nitrogen and oxygen atoms in total. The van der Waals surface area contributed by atoms with Crippen LogP contribution in [0.15, 0.2) is 64.4 Å². The van der Waals surface area contributed by atoms with Crippen LogP contribution in [-0.4, -0.2) is 26.5 Å². The number of thioether (sulfide) groups is 1. The van der Waals surface area contributed by atoms with Gasteiger partial charge >= 0.3 is 0 Å². The molecule has 0 bridgehead atoms. The van der Waals surface area contributed by atoms with E-state index in [-0.39, 0.29) is 19.1 Å². The van der Waals surface area contributed by atoms with E-state index >= 15 is 0 Å². The van der Waals surface area contributed by atoms with E-state index in [0.29, 0.717) is 45.2 Å². The predicted octanol–water partition coefficient (Wildman–Crippen LogP) is 5.31. The maximum absolute atomic E-state index is 11.4. The van der Waals surface area contributed by atoms with Crippen LogP contribution in [0.1, 0.15) is 16.9 Å². The average molecular weight is 485 g/mol. The van der Waals surface area contributed by atoms with Gasteiger partial charge in [0.1, 0.15) is 11.5 Å². The average Bonchev–Trinajstić information content (AvgIpc) is 3.48. The first kappa shape index (κ1) is 21.5. The molecule has 2 aromatic carbocycles. The van der Waals surface area contributed by atoms with Crippen LogP contribution in [0.4, 0.5) is 5.69 Å². The van der Waals surface area contributed by atoms with Gasteiger partial charge in [0.15, 0.2) is 17.8 Å². The normalized spacial score (nSPS) is 12.9. The quantitative estimate of drug-likeness (QED) is 0.197. The highest BCUT2D eigenvalue weighted by Gasteiger charge is 2.22. The van der Waals surface area contributed by atoms with Gasteiger partial charge in [-0.2, -0.15) is 0 Å². The van der Waals surface area contributed by atoms with E-state index in [4.69, 9.17) is 25.5 Å². The SMILES string of the molecule is O=[N+]([O-])c1cc2c(c(CSc3nnc(-c4ccc(Cl)cc4)n3Cc3ccco3)c1)OCOC2. The highest BCUT2D eigenvalue weighted by molar-refractivity contribution is 7.98. The van der Waals surface area contributed by atoms with Gasteiger partial charge in [0, 0.05) is 39.6 Å². The van der Waals surface area contributed by atoms with Gasteiger partial charge in [0.25, 0.3) is 5.69 Å². The number of nitrogens with zero attached hydrogens (tertiary/aromatic N) is 4. The largest absolute Gasteiger partial charge is 0.467 e. The maximum atomic E-state index is 11.4. The van der Waals surface area contributed by atoms with Crippen molar-refractivity contribution in [3.8, 4) is 17.1 Å². The molecular weight excluding hydrogens is 468 g/mol. The Hall–Kier alpha value is -3.34. The highest BCUT2D eigenvalue weighted by Crippen LogP contribution is 2.37. The third-order valence-corrected chi connectivity index (χ3v) is 6.32. The Morgan fingerprint density at radius 2 is 2.03 bits per heavy atom. The van der Waals surface area contributed by atoms with Gasteiger partial charge in [-0.25, -0.2) is 0 Å². The Bertz CT molecular complexity index is 1290. The third-order valence-electron chi connectivity index (χ3n) is 5.05. The number of hydrogen-bond acceptors (Lipinski definition) is 8. The van der Waals surface area contributed by atoms with Crippen LogP contribution < -0.4 is 4.74 Å². The fourth-order valence-corrected chi connectivity index (χ4v) is 4.58. The Morgan fingerprint density at radius 1 is 1.18 bits per heavy atom. The summed E-state index contributed by atoms with van der Waals surface area (Å²) in [6, 6.07) is 14.1. The molecule has 4 aromatic rings. The molecule has 5 rings (SSSR count). The van der Waals surface area contributed by atoms with Crippen LogP contribution in [0.5, 0.6) is 5.75 Å². The second-order valence-electron chi connectivity index (χ2n) is 7.23. The fraction of sp³-hybridized carbons (Fsp3) is 0.182. The molecule has 1 aliphatic rings. The topological polar surface area (TPSA) is 105 Å². The fourth-order valence-electron chi connectivity index (χ4n) is 3.54. The molecule has 2 aromatic heterocycles. The van der Waals surface area contributed by atoms with E-state index in [1.54, 1.807) is 18.4 Å². The number of rotatable bonds is 7. The first-order valence-corrected chi connectivity index (χ1v) is 11.3. The van der Waals surface area contributed by atoms with Gasteiger partial charge in [0.05, 0.1) is 24.3 Å². The van der Waals surface area contributed by atoms with Crippen LogP contribution in [0.2, 0.25) is 5.02 Å². The van der Waals surface area contributed by atoms with Crippen molar-refractivity contribution in [2.75, 3.05) is 6.79 Å². The summed E-state index contributed by atoms with van der Waals surface area (Å²) < 4.78 is 18.4. The van der Waals surface area contributed by atoms with Gasteiger partial charge in [-0.3, -0.25) is 14.7 Å². The van der Waals surface area contributed by atoms with E-state index < -0.39 is 4.92 Å². The van der Waals surface area contributed by atoms with Crippen molar-refractivity contribution in [1.29, 1.82) is 0 Å². The second kappa shape index (κ2) is 9.26. The van der Waals surface area contributed by atoms with Gasteiger partial charge < -0.3 is 13.9 Å². The van der Waals surface area contributed by atoms with Gasteiger partial charge in [-0.1, -0.05) is 23.4 Å². The highest BCUT2D eigenvalue weighted by atomic mass is 35.5. The number of hydrogen-bond donors (Lipinski definition) is 0. The minimum Gasteiger partial charge on any atom is -0.467 e. The zero-order valence-electron chi connectivity index (χ0n) is 17.1. The molecule has 0 N–H and O–H groups in total. The molecule has 3 heterocycles. The maximum Gasteiger partial charge on any atom is 0.270 e. The molecule has 0 atom stereocenters. The lowest BCUT2D eigenvalue weighted by atomic mass is 10.1. The zero-order valence-corrected chi connectivity index (χ0v) is 18.7. The third kappa shape index (κ3) is 4.58. The van der Waals surface area contributed by atoms with Crippen molar-refractivity contribution in [2.45, 2.75) is 24.1 Å². The van der Waals surface area contributed by atoms with E-state index in [0.717, 1.165) is 11.3 Å². The Labute approximate surface area is 197 Å². The van der Waals surface area contributed by atoms with Crippen molar-refractivity contribution in [3.63, 3.8) is 0 Å². The number of ether oxygens (including phenoxy) is 2. The molecule has 0 radical (unpaired) electrons. The van der Waals surface area contributed by atoms with E-state index in [9.17, 15) is 10.1 Å². The minimum absolute atomic E-state index is 0.00245. The lowest BCUT2D eigenvalue weighted by molar-refractivity contribution is -0.385. The zero-order chi connectivity index (χ0) is 22.8. The van der Waals surface area contributed by atoms with Crippen molar-refractivity contribution in [3.05, 3.63) is 86.8 Å². The Kier molecular flexibility index (Phi) is 6.03. The molecule has 0 saturated carbocycles. The summed E-state index contributed by atoms with van der Waals surface area (Å²) in [6.45, 7) is 0.805. The van der Waals surface area contributed by atoms with Crippen molar-refractivity contribution >= 4 is 29.1 Å². The predicted molar refractivity (Wildman–Crippen MR) is 121 cm³/mol. The number of non-ortho nitro benzene ring substituents is 1. The van der Waals surface area contributed by atoms with E-state index in [1.807, 2.05) is 28.8 Å².